The van der Waals surface area contributed by atoms with Crippen LogP contribution in [0.1, 0.15) is 18.4 Å². The van der Waals surface area contributed by atoms with Crippen LogP contribution in [0.2, 0.25) is 0 Å². The first-order chi connectivity index (χ1) is 11.8. The molecule has 3 rings (SSSR count). The third-order valence-electron chi connectivity index (χ3n) is 3.81. The lowest BCUT2D eigenvalue weighted by atomic mass is 10.2. The summed E-state index contributed by atoms with van der Waals surface area (Å²) in [6, 6.07) is 11.0. The molecule has 0 spiro atoms. The van der Waals surface area contributed by atoms with Crippen molar-refractivity contribution in [3.8, 4) is 0 Å². The molecule has 1 N–H and O–H groups in total. The topological polar surface area (TPSA) is 83.6 Å². The third-order valence-corrected chi connectivity index (χ3v) is 5.19. The Morgan fingerprint density at radius 1 is 1.00 bits per heavy atom. The number of hydrogen-bond acceptors (Lipinski definition) is 4. The average molecular weight is 362 g/mol. The molecular formula is C17H15FN2O4S. The number of carbonyl (C=O) groups excluding carboxylic acids is 2. The van der Waals surface area contributed by atoms with Gasteiger partial charge in [0.1, 0.15) is 5.82 Å². The highest BCUT2D eigenvalue weighted by molar-refractivity contribution is 7.92. The van der Waals surface area contributed by atoms with Gasteiger partial charge in [-0.05, 0) is 35.9 Å². The summed E-state index contributed by atoms with van der Waals surface area (Å²) in [4.78, 5) is 24.2. The predicted molar refractivity (Wildman–Crippen MR) is 88.4 cm³/mol. The van der Waals surface area contributed by atoms with Crippen LogP contribution in [-0.4, -0.2) is 25.1 Å². The van der Waals surface area contributed by atoms with Crippen LogP contribution in [-0.2, 0) is 26.2 Å². The third kappa shape index (κ3) is 3.85. The van der Waals surface area contributed by atoms with Gasteiger partial charge in [-0.2, -0.15) is 0 Å². The predicted octanol–water partition coefficient (Wildman–Crippen LogP) is 2.28. The molecule has 130 valence electrons. The van der Waals surface area contributed by atoms with E-state index in [1.807, 2.05) is 0 Å². The van der Waals surface area contributed by atoms with Crippen molar-refractivity contribution in [1.29, 1.82) is 0 Å². The molecule has 2 amide bonds. The summed E-state index contributed by atoms with van der Waals surface area (Å²) in [5.41, 5.74) is 1.00. The minimum atomic E-state index is -3.90. The average Bonchev–Trinajstić information content (AvgIpc) is 2.88. The van der Waals surface area contributed by atoms with E-state index >= 15 is 0 Å². The van der Waals surface area contributed by atoms with Crippen LogP contribution in [0.3, 0.4) is 0 Å². The van der Waals surface area contributed by atoms with Crippen LogP contribution in [0, 0.1) is 5.82 Å². The van der Waals surface area contributed by atoms with Gasteiger partial charge in [0.25, 0.3) is 10.0 Å². The molecule has 1 fully saturated rings. The fraction of sp³-hybridized carbons (Fsp3) is 0.176. The lowest BCUT2D eigenvalue weighted by Gasteiger charge is -2.14. The Morgan fingerprint density at radius 2 is 1.64 bits per heavy atom. The maximum absolute atomic E-state index is 13.2. The van der Waals surface area contributed by atoms with Crippen LogP contribution in [0.25, 0.3) is 0 Å². The number of carbonyl (C=O) groups is 2. The Hall–Kier alpha value is -2.74. The highest BCUT2D eigenvalue weighted by atomic mass is 32.2. The molecule has 25 heavy (non-hydrogen) atoms. The van der Waals surface area contributed by atoms with Gasteiger partial charge >= 0.3 is 0 Å². The second kappa shape index (κ2) is 6.64. The van der Waals surface area contributed by atoms with Crippen molar-refractivity contribution >= 4 is 27.5 Å². The number of nitrogens with zero attached hydrogens (tertiary/aromatic N) is 1. The van der Waals surface area contributed by atoms with Crippen molar-refractivity contribution in [3.05, 3.63) is 59.9 Å². The number of rotatable bonds is 5. The number of amides is 2. The minimum Gasteiger partial charge on any atom is -0.280 e. The van der Waals surface area contributed by atoms with Crippen LogP contribution in [0.5, 0.6) is 0 Å². The van der Waals surface area contributed by atoms with Crippen LogP contribution in [0.15, 0.2) is 53.4 Å². The first-order valence-corrected chi connectivity index (χ1v) is 9.04. The number of benzene rings is 2. The van der Waals surface area contributed by atoms with E-state index in [9.17, 15) is 22.4 Å². The van der Waals surface area contributed by atoms with Crippen molar-refractivity contribution in [2.75, 3.05) is 4.72 Å². The maximum atomic E-state index is 13.2. The number of sulfonamides is 1. The molecule has 0 saturated carbocycles. The molecule has 2 aromatic rings. The Labute approximate surface area is 144 Å². The van der Waals surface area contributed by atoms with E-state index in [2.05, 4.69) is 4.72 Å². The summed E-state index contributed by atoms with van der Waals surface area (Å²) >= 11 is 0. The molecule has 0 atom stereocenters. The van der Waals surface area contributed by atoms with Gasteiger partial charge in [-0.1, -0.05) is 18.2 Å². The lowest BCUT2D eigenvalue weighted by molar-refractivity contribution is -0.139. The van der Waals surface area contributed by atoms with Gasteiger partial charge in [0, 0.05) is 18.5 Å². The molecule has 0 radical (unpaired) electrons. The summed E-state index contributed by atoms with van der Waals surface area (Å²) < 4.78 is 40.0. The van der Waals surface area contributed by atoms with Crippen molar-refractivity contribution in [2.24, 2.45) is 0 Å². The van der Waals surface area contributed by atoms with E-state index in [4.69, 9.17) is 0 Å². The van der Waals surface area contributed by atoms with E-state index in [1.165, 1.54) is 29.2 Å². The van der Waals surface area contributed by atoms with E-state index in [0.29, 0.717) is 11.3 Å². The molecule has 0 aliphatic carbocycles. The second-order valence-corrected chi connectivity index (χ2v) is 7.32. The molecule has 1 saturated heterocycles. The van der Waals surface area contributed by atoms with Crippen molar-refractivity contribution in [2.45, 2.75) is 24.3 Å². The first kappa shape index (κ1) is 17.1. The summed E-state index contributed by atoms with van der Waals surface area (Å²) in [6.45, 7) is 0.161. The summed E-state index contributed by atoms with van der Waals surface area (Å²) in [7, 11) is -3.90. The lowest BCUT2D eigenvalue weighted by Crippen LogP contribution is -2.28. The van der Waals surface area contributed by atoms with Crippen LogP contribution < -0.4 is 4.72 Å². The molecule has 8 heteroatoms. The molecule has 0 bridgehead atoms. The molecule has 6 nitrogen and oxygen atoms in total. The summed E-state index contributed by atoms with van der Waals surface area (Å²) in [6.07, 6.45) is 0.453. The number of anilines is 1. The van der Waals surface area contributed by atoms with Gasteiger partial charge in [-0.15, -0.1) is 0 Å². The zero-order valence-corrected chi connectivity index (χ0v) is 13.9. The molecule has 1 aliphatic heterocycles. The summed E-state index contributed by atoms with van der Waals surface area (Å²) in [5.74, 6) is -1.06. The van der Waals surface area contributed by atoms with Gasteiger partial charge in [0.05, 0.1) is 11.4 Å². The zero-order chi connectivity index (χ0) is 18.0. The Morgan fingerprint density at radius 3 is 2.24 bits per heavy atom. The van der Waals surface area contributed by atoms with Gasteiger partial charge in [0.15, 0.2) is 0 Å². The fourth-order valence-corrected chi connectivity index (χ4v) is 3.60. The highest BCUT2D eigenvalue weighted by Crippen LogP contribution is 2.20. The first-order valence-electron chi connectivity index (χ1n) is 7.56. The van der Waals surface area contributed by atoms with Crippen LogP contribution in [0.4, 0.5) is 10.1 Å². The standard InChI is InChI=1S/C17H15FN2O4S/c18-13-2-1-3-15(10-13)25(23,24)19-14-6-4-12(5-7-14)11-20-16(21)8-9-17(20)22/h1-7,10,19H,8-9,11H2. The molecule has 1 aliphatic rings. The Kier molecular flexibility index (Phi) is 4.54. The number of likely N-dealkylation sites (tertiary alicyclic amines) is 1. The molecule has 0 aromatic heterocycles. The number of imide groups is 1. The number of halogens is 1. The SMILES string of the molecule is O=C1CCC(=O)N1Cc1ccc(NS(=O)(=O)c2cccc(F)c2)cc1. The largest absolute Gasteiger partial charge is 0.280 e. The molecule has 1 heterocycles. The van der Waals surface area contributed by atoms with Gasteiger partial charge in [0.2, 0.25) is 11.8 Å². The molecule has 0 unspecified atom stereocenters. The summed E-state index contributed by atoms with van der Waals surface area (Å²) in [5, 5.41) is 0. The van der Waals surface area contributed by atoms with Gasteiger partial charge in [-0.25, -0.2) is 12.8 Å². The van der Waals surface area contributed by atoms with Crippen molar-refractivity contribution in [1.82, 2.24) is 4.90 Å². The molecule has 2 aromatic carbocycles. The number of nitrogens with one attached hydrogen (secondary N) is 1. The second-order valence-electron chi connectivity index (χ2n) is 5.63. The normalized spacial score (nSPS) is 14.8. The van der Waals surface area contributed by atoms with E-state index in [0.717, 1.165) is 12.1 Å². The minimum absolute atomic E-state index is 0.161. The van der Waals surface area contributed by atoms with E-state index in [1.54, 1.807) is 12.1 Å². The number of hydrogen-bond donors (Lipinski definition) is 1. The van der Waals surface area contributed by atoms with Crippen LogP contribution >= 0.6 is 0 Å². The van der Waals surface area contributed by atoms with Crippen molar-refractivity contribution in [3.63, 3.8) is 0 Å². The Bertz CT molecular complexity index is 910. The van der Waals surface area contributed by atoms with E-state index in [-0.39, 0.29) is 36.1 Å². The monoisotopic (exact) mass is 362 g/mol. The van der Waals surface area contributed by atoms with E-state index < -0.39 is 15.8 Å². The highest BCUT2D eigenvalue weighted by Gasteiger charge is 2.28. The smallest absolute Gasteiger partial charge is 0.261 e. The Balaban J connectivity index is 1.72. The maximum Gasteiger partial charge on any atom is 0.261 e. The van der Waals surface area contributed by atoms with Crippen molar-refractivity contribution < 1.29 is 22.4 Å². The van der Waals surface area contributed by atoms with Gasteiger partial charge < -0.3 is 0 Å². The van der Waals surface area contributed by atoms with Gasteiger partial charge in [-0.3, -0.25) is 19.2 Å². The fourth-order valence-electron chi connectivity index (χ4n) is 2.51. The molecular weight excluding hydrogens is 347 g/mol. The quantitative estimate of drug-likeness (QED) is 0.827. The zero-order valence-electron chi connectivity index (χ0n) is 13.1.